The van der Waals surface area contributed by atoms with Crippen LogP contribution < -0.4 is 10.1 Å². The minimum absolute atomic E-state index is 0.411. The molecule has 2 nitrogen and oxygen atoms in total. The normalized spacial score (nSPS) is 28.5. The Bertz CT molecular complexity index is 468. The zero-order valence-electron chi connectivity index (χ0n) is 12.2. The Kier molecular flexibility index (Phi) is 3.22. The van der Waals surface area contributed by atoms with Crippen molar-refractivity contribution in [1.29, 1.82) is 0 Å². The van der Waals surface area contributed by atoms with E-state index in [2.05, 4.69) is 29.6 Å². The summed E-state index contributed by atoms with van der Waals surface area (Å²) in [5, 5.41) is 3.86. The van der Waals surface area contributed by atoms with E-state index in [0.29, 0.717) is 12.1 Å². The smallest absolute Gasteiger partial charge is 0.124 e. The lowest BCUT2D eigenvalue weighted by atomic mass is 9.71. The molecule has 0 aromatic heterocycles. The lowest BCUT2D eigenvalue weighted by molar-refractivity contribution is 0.159. The van der Waals surface area contributed by atoms with E-state index in [4.69, 9.17) is 4.74 Å². The molecule has 2 heteroatoms. The van der Waals surface area contributed by atoms with Crippen molar-refractivity contribution in [3.05, 3.63) is 29.8 Å². The topological polar surface area (TPSA) is 21.3 Å². The van der Waals surface area contributed by atoms with Gasteiger partial charge in [0.15, 0.2) is 0 Å². The summed E-state index contributed by atoms with van der Waals surface area (Å²) in [5.41, 5.74) is 2.09. The second-order valence-electron chi connectivity index (χ2n) is 7.05. The van der Waals surface area contributed by atoms with Gasteiger partial charge in [0.25, 0.3) is 0 Å². The summed E-state index contributed by atoms with van der Waals surface area (Å²) >= 11 is 0. The summed E-state index contributed by atoms with van der Waals surface area (Å²) < 4.78 is 5.78. The van der Waals surface area contributed by atoms with E-state index in [0.717, 1.165) is 17.8 Å². The lowest BCUT2D eigenvalue weighted by Gasteiger charge is -2.38. The van der Waals surface area contributed by atoms with Crippen LogP contribution in [0.1, 0.15) is 63.0 Å². The molecule has 2 fully saturated rings. The maximum absolute atomic E-state index is 5.78. The van der Waals surface area contributed by atoms with Crippen LogP contribution in [0.3, 0.4) is 0 Å². The van der Waals surface area contributed by atoms with Crippen molar-refractivity contribution in [2.75, 3.05) is 6.61 Å². The molecule has 3 aliphatic rings. The van der Waals surface area contributed by atoms with Crippen LogP contribution >= 0.6 is 0 Å². The van der Waals surface area contributed by atoms with E-state index in [1.807, 2.05) is 0 Å². The fourth-order valence-electron chi connectivity index (χ4n) is 4.61. The minimum Gasteiger partial charge on any atom is -0.491 e. The molecule has 2 aliphatic carbocycles. The van der Waals surface area contributed by atoms with E-state index < -0.39 is 0 Å². The first-order valence-electron chi connectivity index (χ1n) is 8.33. The van der Waals surface area contributed by atoms with Crippen LogP contribution in [0.25, 0.3) is 0 Å². The quantitative estimate of drug-likeness (QED) is 0.870. The number of rotatable bonds is 2. The molecule has 0 bridgehead atoms. The molecule has 1 unspecified atom stereocenters. The van der Waals surface area contributed by atoms with E-state index in [9.17, 15) is 0 Å². The summed E-state index contributed by atoms with van der Waals surface area (Å²) in [7, 11) is 0. The fraction of sp³-hybridized carbons (Fsp3) is 0.667. The first kappa shape index (κ1) is 12.7. The van der Waals surface area contributed by atoms with Gasteiger partial charge in [0.2, 0.25) is 0 Å². The summed E-state index contributed by atoms with van der Waals surface area (Å²) in [4.78, 5) is 0. The van der Waals surface area contributed by atoms with Crippen LogP contribution in [0.4, 0.5) is 0 Å². The number of fused-ring (bicyclic) bond motifs is 1. The molecular formula is C18H25NO. The van der Waals surface area contributed by atoms with Crippen LogP contribution in [0.5, 0.6) is 5.75 Å². The van der Waals surface area contributed by atoms with Crippen LogP contribution in [0, 0.1) is 5.41 Å². The minimum atomic E-state index is 0.411. The molecule has 1 aliphatic heterocycles. The number of hydrogen-bond acceptors (Lipinski definition) is 2. The number of ether oxygens (including phenoxy) is 1. The zero-order chi connectivity index (χ0) is 13.4. The van der Waals surface area contributed by atoms with Gasteiger partial charge in [-0.15, -0.1) is 0 Å². The van der Waals surface area contributed by atoms with Gasteiger partial charge in [-0.1, -0.05) is 31.0 Å². The third kappa shape index (κ3) is 2.24. The molecular weight excluding hydrogens is 246 g/mol. The molecule has 1 aromatic carbocycles. The van der Waals surface area contributed by atoms with Crippen molar-refractivity contribution in [2.24, 2.45) is 5.41 Å². The standard InChI is InChI=1S/C18H25NO/c1-2-6-17-15(5-1)16(13-20-17)19-14-7-11-18(12-8-14)9-3-4-10-18/h1-2,5-6,14,16,19H,3-4,7-13H2. The van der Waals surface area contributed by atoms with Crippen LogP contribution in [-0.4, -0.2) is 12.6 Å². The van der Waals surface area contributed by atoms with Gasteiger partial charge >= 0.3 is 0 Å². The number of nitrogens with one attached hydrogen (secondary N) is 1. The number of para-hydroxylation sites is 1. The van der Waals surface area contributed by atoms with Gasteiger partial charge in [-0.2, -0.15) is 0 Å². The molecule has 1 aromatic rings. The molecule has 2 saturated carbocycles. The van der Waals surface area contributed by atoms with Gasteiger partial charge in [-0.25, -0.2) is 0 Å². The maximum Gasteiger partial charge on any atom is 0.124 e. The van der Waals surface area contributed by atoms with Crippen molar-refractivity contribution in [3.8, 4) is 5.75 Å². The number of benzene rings is 1. The zero-order valence-corrected chi connectivity index (χ0v) is 12.2. The van der Waals surface area contributed by atoms with Crippen LogP contribution in [0.2, 0.25) is 0 Å². The largest absolute Gasteiger partial charge is 0.491 e. The Morgan fingerprint density at radius 2 is 1.75 bits per heavy atom. The van der Waals surface area contributed by atoms with Gasteiger partial charge in [-0.05, 0) is 50.0 Å². The molecule has 0 radical (unpaired) electrons. The first-order chi connectivity index (χ1) is 9.85. The van der Waals surface area contributed by atoms with E-state index in [1.165, 1.54) is 56.9 Å². The Morgan fingerprint density at radius 1 is 1.00 bits per heavy atom. The van der Waals surface area contributed by atoms with Crippen molar-refractivity contribution in [1.82, 2.24) is 5.32 Å². The Balaban J connectivity index is 1.37. The lowest BCUT2D eigenvalue weighted by Crippen LogP contribution is -2.39. The summed E-state index contributed by atoms with van der Waals surface area (Å²) in [6, 6.07) is 9.59. The molecule has 108 valence electrons. The Morgan fingerprint density at radius 3 is 2.55 bits per heavy atom. The van der Waals surface area contributed by atoms with Crippen LogP contribution in [-0.2, 0) is 0 Å². The maximum atomic E-state index is 5.78. The SMILES string of the molecule is c1ccc2c(c1)OCC2NC1CCC2(CCCC2)CC1. The van der Waals surface area contributed by atoms with E-state index in [1.54, 1.807) is 0 Å². The number of hydrogen-bond donors (Lipinski definition) is 1. The van der Waals surface area contributed by atoms with Gasteiger partial charge in [0, 0.05) is 11.6 Å². The molecule has 1 atom stereocenters. The molecule has 0 amide bonds. The Labute approximate surface area is 121 Å². The predicted molar refractivity (Wildman–Crippen MR) is 81.0 cm³/mol. The van der Waals surface area contributed by atoms with E-state index >= 15 is 0 Å². The Hall–Kier alpha value is -1.02. The van der Waals surface area contributed by atoms with E-state index in [-0.39, 0.29) is 0 Å². The monoisotopic (exact) mass is 271 g/mol. The summed E-state index contributed by atoms with van der Waals surface area (Å²) in [5.74, 6) is 1.08. The highest BCUT2D eigenvalue weighted by Crippen LogP contribution is 2.49. The van der Waals surface area contributed by atoms with Crippen molar-refractivity contribution in [3.63, 3.8) is 0 Å². The molecule has 20 heavy (non-hydrogen) atoms. The highest BCUT2D eigenvalue weighted by molar-refractivity contribution is 5.39. The molecule has 1 N–H and O–H groups in total. The average molecular weight is 271 g/mol. The second kappa shape index (κ2) is 5.07. The molecule has 0 saturated heterocycles. The summed E-state index contributed by atoms with van der Waals surface area (Å²) in [6.45, 7) is 0.807. The van der Waals surface area contributed by atoms with Crippen LogP contribution in [0.15, 0.2) is 24.3 Å². The van der Waals surface area contributed by atoms with Gasteiger partial charge < -0.3 is 10.1 Å². The van der Waals surface area contributed by atoms with Crippen molar-refractivity contribution < 1.29 is 4.74 Å². The van der Waals surface area contributed by atoms with Gasteiger partial charge in [0.1, 0.15) is 12.4 Å². The van der Waals surface area contributed by atoms with Gasteiger partial charge in [0.05, 0.1) is 6.04 Å². The first-order valence-corrected chi connectivity index (χ1v) is 8.33. The third-order valence-corrected chi connectivity index (χ3v) is 5.85. The molecule has 4 rings (SSSR count). The highest BCUT2D eigenvalue weighted by Gasteiger charge is 2.38. The average Bonchev–Trinajstić information content (AvgIpc) is 3.10. The molecule has 1 heterocycles. The third-order valence-electron chi connectivity index (χ3n) is 5.85. The molecule has 1 spiro atoms. The van der Waals surface area contributed by atoms with Gasteiger partial charge in [-0.3, -0.25) is 0 Å². The fourth-order valence-corrected chi connectivity index (χ4v) is 4.61. The van der Waals surface area contributed by atoms with Crippen molar-refractivity contribution in [2.45, 2.75) is 63.5 Å². The highest BCUT2D eigenvalue weighted by atomic mass is 16.5. The second-order valence-corrected chi connectivity index (χ2v) is 7.05. The predicted octanol–water partition coefficient (Wildman–Crippen LogP) is 4.21. The summed E-state index contributed by atoms with van der Waals surface area (Å²) in [6.07, 6.45) is 11.5. The van der Waals surface area contributed by atoms with Crippen molar-refractivity contribution >= 4 is 0 Å².